The SMILES string of the molecule is CNc1nc(C(C)OC)nc(COC)c1I. The molecule has 0 saturated heterocycles. The summed E-state index contributed by atoms with van der Waals surface area (Å²) < 4.78 is 11.3. The lowest BCUT2D eigenvalue weighted by atomic mass is 10.3. The lowest BCUT2D eigenvalue weighted by Gasteiger charge is -2.13. The maximum Gasteiger partial charge on any atom is 0.159 e. The average molecular weight is 337 g/mol. The van der Waals surface area contributed by atoms with E-state index in [0.717, 1.165) is 15.1 Å². The zero-order chi connectivity index (χ0) is 12.1. The summed E-state index contributed by atoms with van der Waals surface area (Å²) in [6, 6.07) is 0. The number of aromatic nitrogens is 2. The minimum absolute atomic E-state index is 0.125. The number of nitrogens with zero attached hydrogens (tertiary/aromatic N) is 2. The van der Waals surface area contributed by atoms with Gasteiger partial charge in [0.05, 0.1) is 15.9 Å². The molecule has 1 aromatic heterocycles. The Morgan fingerprint density at radius 1 is 1.38 bits per heavy atom. The van der Waals surface area contributed by atoms with E-state index < -0.39 is 0 Å². The highest BCUT2D eigenvalue weighted by Gasteiger charge is 2.15. The molecule has 1 N–H and O–H groups in total. The number of nitrogens with one attached hydrogen (secondary N) is 1. The Labute approximate surface area is 109 Å². The van der Waals surface area contributed by atoms with Crippen LogP contribution in [0.1, 0.15) is 24.5 Å². The highest BCUT2D eigenvalue weighted by Crippen LogP contribution is 2.22. The molecular formula is C10H16IN3O2. The first-order chi connectivity index (χ1) is 7.63. The molecule has 1 heterocycles. The van der Waals surface area contributed by atoms with Crippen LogP contribution in [0.2, 0.25) is 0 Å². The van der Waals surface area contributed by atoms with Crippen molar-refractivity contribution in [1.82, 2.24) is 9.97 Å². The summed E-state index contributed by atoms with van der Waals surface area (Å²) in [5.41, 5.74) is 0.876. The van der Waals surface area contributed by atoms with Gasteiger partial charge in [-0.25, -0.2) is 9.97 Å². The van der Waals surface area contributed by atoms with E-state index in [2.05, 4.69) is 37.9 Å². The predicted octanol–water partition coefficient (Wildman–Crippen LogP) is 1.98. The van der Waals surface area contributed by atoms with Gasteiger partial charge in [0.2, 0.25) is 0 Å². The summed E-state index contributed by atoms with van der Waals surface area (Å²) >= 11 is 2.21. The van der Waals surface area contributed by atoms with Crippen LogP contribution >= 0.6 is 22.6 Å². The molecule has 0 saturated carbocycles. The Morgan fingerprint density at radius 2 is 2.06 bits per heavy atom. The number of halogens is 1. The van der Waals surface area contributed by atoms with E-state index in [9.17, 15) is 0 Å². The Morgan fingerprint density at radius 3 is 2.56 bits per heavy atom. The third kappa shape index (κ3) is 3.02. The van der Waals surface area contributed by atoms with Crippen molar-refractivity contribution in [3.05, 3.63) is 15.1 Å². The summed E-state index contributed by atoms with van der Waals surface area (Å²) in [7, 11) is 5.13. The van der Waals surface area contributed by atoms with E-state index in [4.69, 9.17) is 9.47 Å². The molecule has 0 aliphatic heterocycles. The first kappa shape index (κ1) is 13.6. The molecule has 0 bridgehead atoms. The van der Waals surface area contributed by atoms with Gasteiger partial charge in [0.15, 0.2) is 5.82 Å². The molecule has 0 aliphatic rings. The Hall–Kier alpha value is -0.470. The van der Waals surface area contributed by atoms with Crippen LogP contribution in [0, 0.1) is 3.57 Å². The average Bonchev–Trinajstić information content (AvgIpc) is 2.31. The van der Waals surface area contributed by atoms with E-state index in [0.29, 0.717) is 12.4 Å². The van der Waals surface area contributed by atoms with E-state index in [1.54, 1.807) is 14.2 Å². The van der Waals surface area contributed by atoms with Crippen LogP contribution in [0.15, 0.2) is 0 Å². The second kappa shape index (κ2) is 6.31. The summed E-state index contributed by atoms with van der Waals surface area (Å²) in [4.78, 5) is 8.83. The maximum atomic E-state index is 5.21. The second-order valence-electron chi connectivity index (χ2n) is 3.25. The Balaban J connectivity index is 3.17. The van der Waals surface area contributed by atoms with Crippen LogP contribution < -0.4 is 5.32 Å². The van der Waals surface area contributed by atoms with E-state index in [-0.39, 0.29) is 6.10 Å². The van der Waals surface area contributed by atoms with Crippen molar-refractivity contribution in [1.29, 1.82) is 0 Å². The molecule has 0 amide bonds. The fraction of sp³-hybridized carbons (Fsp3) is 0.600. The van der Waals surface area contributed by atoms with Crippen LogP contribution in [0.25, 0.3) is 0 Å². The van der Waals surface area contributed by atoms with Gasteiger partial charge in [-0.05, 0) is 29.5 Å². The van der Waals surface area contributed by atoms with Gasteiger partial charge in [-0.3, -0.25) is 0 Å². The van der Waals surface area contributed by atoms with Gasteiger partial charge in [0.1, 0.15) is 11.9 Å². The number of anilines is 1. The fourth-order valence-corrected chi connectivity index (χ4v) is 1.86. The minimum Gasteiger partial charge on any atom is -0.378 e. The summed E-state index contributed by atoms with van der Waals surface area (Å²) in [6.07, 6.45) is -0.125. The number of ether oxygens (including phenoxy) is 2. The number of rotatable bonds is 5. The van der Waals surface area contributed by atoms with Gasteiger partial charge in [-0.1, -0.05) is 0 Å². The molecule has 16 heavy (non-hydrogen) atoms. The Bertz CT molecular complexity index is 360. The van der Waals surface area contributed by atoms with Crippen LogP contribution in [-0.2, 0) is 16.1 Å². The van der Waals surface area contributed by atoms with Crippen molar-refractivity contribution in [2.45, 2.75) is 19.6 Å². The largest absolute Gasteiger partial charge is 0.378 e. The normalized spacial score (nSPS) is 12.6. The molecular weight excluding hydrogens is 321 g/mol. The number of hydrogen-bond donors (Lipinski definition) is 1. The lowest BCUT2D eigenvalue weighted by molar-refractivity contribution is 0.111. The third-order valence-electron chi connectivity index (χ3n) is 2.17. The minimum atomic E-state index is -0.125. The van der Waals surface area contributed by atoms with Crippen molar-refractivity contribution < 1.29 is 9.47 Å². The number of hydrogen-bond acceptors (Lipinski definition) is 5. The molecule has 6 heteroatoms. The van der Waals surface area contributed by atoms with Crippen LogP contribution in [-0.4, -0.2) is 31.2 Å². The molecule has 90 valence electrons. The van der Waals surface area contributed by atoms with Gasteiger partial charge < -0.3 is 14.8 Å². The van der Waals surface area contributed by atoms with Crippen molar-refractivity contribution in [3.63, 3.8) is 0 Å². The molecule has 0 spiro atoms. The smallest absolute Gasteiger partial charge is 0.159 e. The standard InChI is InChI=1S/C10H16IN3O2/c1-6(16-4)9-13-7(5-15-3)8(11)10(12-2)14-9/h6H,5H2,1-4H3,(H,12,13,14). The zero-order valence-corrected chi connectivity index (χ0v) is 12.0. The first-order valence-corrected chi connectivity index (χ1v) is 5.97. The van der Waals surface area contributed by atoms with Crippen molar-refractivity contribution in [3.8, 4) is 0 Å². The van der Waals surface area contributed by atoms with Gasteiger partial charge in [0, 0.05) is 21.3 Å². The summed E-state index contributed by atoms with van der Waals surface area (Å²) in [6.45, 7) is 2.39. The molecule has 1 unspecified atom stereocenters. The molecule has 1 atom stereocenters. The topological polar surface area (TPSA) is 56.3 Å². The van der Waals surface area contributed by atoms with Crippen LogP contribution in [0.3, 0.4) is 0 Å². The van der Waals surface area contributed by atoms with Gasteiger partial charge in [0.25, 0.3) is 0 Å². The second-order valence-corrected chi connectivity index (χ2v) is 4.33. The predicted molar refractivity (Wildman–Crippen MR) is 70.4 cm³/mol. The van der Waals surface area contributed by atoms with Crippen molar-refractivity contribution in [2.24, 2.45) is 0 Å². The van der Waals surface area contributed by atoms with E-state index in [1.807, 2.05) is 14.0 Å². The van der Waals surface area contributed by atoms with Gasteiger partial charge >= 0.3 is 0 Å². The van der Waals surface area contributed by atoms with Crippen molar-refractivity contribution in [2.75, 3.05) is 26.6 Å². The zero-order valence-electron chi connectivity index (χ0n) is 9.87. The maximum absolute atomic E-state index is 5.21. The molecule has 1 aromatic rings. The number of methoxy groups -OCH3 is 2. The third-order valence-corrected chi connectivity index (χ3v) is 3.31. The van der Waals surface area contributed by atoms with Crippen LogP contribution in [0.4, 0.5) is 5.82 Å². The quantitative estimate of drug-likeness (QED) is 0.833. The molecule has 0 fully saturated rings. The lowest BCUT2D eigenvalue weighted by Crippen LogP contribution is -2.11. The molecule has 0 aromatic carbocycles. The first-order valence-electron chi connectivity index (χ1n) is 4.89. The monoisotopic (exact) mass is 337 g/mol. The molecule has 5 nitrogen and oxygen atoms in total. The van der Waals surface area contributed by atoms with Crippen LogP contribution in [0.5, 0.6) is 0 Å². The van der Waals surface area contributed by atoms with Crippen molar-refractivity contribution >= 4 is 28.4 Å². The fourth-order valence-electron chi connectivity index (χ4n) is 1.20. The Kier molecular flexibility index (Phi) is 5.36. The molecule has 0 radical (unpaired) electrons. The van der Waals surface area contributed by atoms with E-state index in [1.165, 1.54) is 0 Å². The van der Waals surface area contributed by atoms with E-state index >= 15 is 0 Å². The summed E-state index contributed by atoms with van der Waals surface area (Å²) in [5.74, 6) is 1.47. The highest BCUT2D eigenvalue weighted by molar-refractivity contribution is 14.1. The summed E-state index contributed by atoms with van der Waals surface area (Å²) in [5, 5.41) is 3.04. The molecule has 0 aliphatic carbocycles. The van der Waals surface area contributed by atoms with Gasteiger partial charge in [-0.15, -0.1) is 0 Å². The van der Waals surface area contributed by atoms with Gasteiger partial charge in [-0.2, -0.15) is 0 Å². The highest BCUT2D eigenvalue weighted by atomic mass is 127. The molecule has 1 rings (SSSR count).